The number of imidazole rings is 1. The van der Waals surface area contributed by atoms with Gasteiger partial charge < -0.3 is 14.8 Å². The number of nitrogens with zero attached hydrogens (tertiary/aromatic N) is 2. The van der Waals surface area contributed by atoms with Crippen LogP contribution in [0.25, 0.3) is 11.0 Å². The van der Waals surface area contributed by atoms with Gasteiger partial charge in [0.1, 0.15) is 0 Å². The zero-order chi connectivity index (χ0) is 15.0. The molecule has 21 heavy (non-hydrogen) atoms. The van der Waals surface area contributed by atoms with E-state index in [0.717, 1.165) is 0 Å². The summed E-state index contributed by atoms with van der Waals surface area (Å²) in [6.45, 7) is 1.70. The number of aryl methyl sites for hydroxylation is 1. The fourth-order valence-electron chi connectivity index (χ4n) is 1.87. The molecule has 0 saturated heterocycles. The van der Waals surface area contributed by atoms with Gasteiger partial charge in [-0.2, -0.15) is 0 Å². The standard InChI is InChI=1S/C13H10F2N4O2/c1-6-4-10(21-19-6)13(20)16-7-2-3-8-9(5-7)18-12(17-8)11(14)15/h2-5,11H,1H3,(H,16,20)(H,17,18). The summed E-state index contributed by atoms with van der Waals surface area (Å²) >= 11 is 0. The van der Waals surface area contributed by atoms with Crippen LogP contribution in [0, 0.1) is 6.92 Å². The van der Waals surface area contributed by atoms with Gasteiger partial charge in [-0.25, -0.2) is 13.8 Å². The summed E-state index contributed by atoms with van der Waals surface area (Å²) in [5.74, 6) is -0.798. The third-order valence-corrected chi connectivity index (χ3v) is 2.82. The maximum absolute atomic E-state index is 12.6. The minimum Gasteiger partial charge on any atom is -0.351 e. The lowest BCUT2D eigenvalue weighted by Gasteiger charge is -2.01. The highest BCUT2D eigenvalue weighted by Gasteiger charge is 2.14. The number of amides is 1. The van der Waals surface area contributed by atoms with Crippen LogP contribution in [-0.4, -0.2) is 21.0 Å². The highest BCUT2D eigenvalue weighted by atomic mass is 19.3. The zero-order valence-electron chi connectivity index (χ0n) is 10.9. The largest absolute Gasteiger partial charge is 0.351 e. The van der Waals surface area contributed by atoms with E-state index < -0.39 is 18.2 Å². The molecule has 8 heteroatoms. The van der Waals surface area contributed by atoms with E-state index in [9.17, 15) is 13.6 Å². The molecule has 1 amide bonds. The zero-order valence-corrected chi connectivity index (χ0v) is 10.9. The Kier molecular flexibility index (Phi) is 3.13. The predicted octanol–water partition coefficient (Wildman–Crippen LogP) is 3.05. The number of alkyl halides is 2. The minimum atomic E-state index is -2.67. The molecule has 1 aromatic carbocycles. The molecule has 0 aliphatic rings. The highest BCUT2D eigenvalue weighted by molar-refractivity contribution is 6.03. The molecule has 6 nitrogen and oxygen atoms in total. The summed E-state index contributed by atoms with van der Waals surface area (Å²) in [5, 5.41) is 6.21. The molecule has 0 saturated carbocycles. The first-order chi connectivity index (χ1) is 10.0. The minimum absolute atomic E-state index is 0.0745. The molecule has 2 N–H and O–H groups in total. The Balaban J connectivity index is 1.85. The number of nitrogens with one attached hydrogen (secondary N) is 2. The smallest absolute Gasteiger partial charge is 0.295 e. The number of fused-ring (bicyclic) bond motifs is 1. The van der Waals surface area contributed by atoms with Gasteiger partial charge >= 0.3 is 0 Å². The van der Waals surface area contributed by atoms with Crippen molar-refractivity contribution in [3.8, 4) is 0 Å². The van der Waals surface area contributed by atoms with Crippen LogP contribution in [0.3, 0.4) is 0 Å². The van der Waals surface area contributed by atoms with Crippen LogP contribution < -0.4 is 5.32 Å². The summed E-state index contributed by atoms with van der Waals surface area (Å²) in [5.41, 5.74) is 1.84. The molecule has 0 fully saturated rings. The predicted molar refractivity (Wildman–Crippen MR) is 70.2 cm³/mol. The molecule has 3 aromatic rings. The molecule has 3 rings (SSSR count). The number of H-pyrrole nitrogens is 1. The van der Waals surface area contributed by atoms with E-state index in [1.165, 1.54) is 12.1 Å². The molecule has 0 spiro atoms. The van der Waals surface area contributed by atoms with Gasteiger partial charge in [0.05, 0.1) is 16.7 Å². The van der Waals surface area contributed by atoms with Crippen LogP contribution >= 0.6 is 0 Å². The van der Waals surface area contributed by atoms with Gasteiger partial charge in [0.25, 0.3) is 12.3 Å². The Hall–Kier alpha value is -2.77. The van der Waals surface area contributed by atoms with Gasteiger partial charge in [-0.15, -0.1) is 0 Å². The lowest BCUT2D eigenvalue weighted by atomic mass is 10.2. The van der Waals surface area contributed by atoms with Crippen LogP contribution in [0.4, 0.5) is 14.5 Å². The number of rotatable bonds is 3. The Morgan fingerprint density at radius 1 is 1.38 bits per heavy atom. The molecule has 0 atom stereocenters. The van der Waals surface area contributed by atoms with Gasteiger partial charge in [-0.1, -0.05) is 5.16 Å². The van der Waals surface area contributed by atoms with E-state index in [0.29, 0.717) is 22.4 Å². The molecule has 0 radical (unpaired) electrons. The van der Waals surface area contributed by atoms with Crippen molar-refractivity contribution in [2.24, 2.45) is 0 Å². The fraction of sp³-hybridized carbons (Fsp3) is 0.154. The van der Waals surface area contributed by atoms with Crippen LogP contribution in [0.2, 0.25) is 0 Å². The van der Waals surface area contributed by atoms with Crippen molar-refractivity contribution in [3.63, 3.8) is 0 Å². The van der Waals surface area contributed by atoms with E-state index >= 15 is 0 Å². The average Bonchev–Trinajstić information content (AvgIpc) is 3.04. The van der Waals surface area contributed by atoms with Crippen LogP contribution in [0.15, 0.2) is 28.8 Å². The number of aromatic nitrogens is 3. The van der Waals surface area contributed by atoms with Crippen LogP contribution in [-0.2, 0) is 0 Å². The monoisotopic (exact) mass is 292 g/mol. The normalized spacial score (nSPS) is 11.2. The number of hydrogen-bond acceptors (Lipinski definition) is 4. The third-order valence-electron chi connectivity index (χ3n) is 2.82. The average molecular weight is 292 g/mol. The summed E-state index contributed by atoms with van der Waals surface area (Å²) in [7, 11) is 0. The molecule has 0 aliphatic carbocycles. The summed E-state index contributed by atoms with van der Waals surface area (Å²) in [6.07, 6.45) is -2.67. The SMILES string of the molecule is Cc1cc(C(=O)Nc2ccc3nc(C(F)F)[nH]c3c2)on1. The summed E-state index contributed by atoms with van der Waals surface area (Å²) in [6, 6.07) is 6.13. The molecule has 0 bridgehead atoms. The number of hydrogen-bond donors (Lipinski definition) is 2. The van der Waals surface area contributed by atoms with Gasteiger partial charge in [-0.05, 0) is 25.1 Å². The van der Waals surface area contributed by atoms with Gasteiger partial charge in [-0.3, -0.25) is 4.79 Å². The summed E-state index contributed by atoms with van der Waals surface area (Å²) < 4.78 is 30.0. The van der Waals surface area contributed by atoms with Gasteiger partial charge in [0.15, 0.2) is 5.82 Å². The number of halogens is 2. The van der Waals surface area contributed by atoms with E-state index in [4.69, 9.17) is 4.52 Å². The molecular weight excluding hydrogens is 282 g/mol. The molecular formula is C13H10F2N4O2. The second-order valence-corrected chi connectivity index (χ2v) is 4.44. The number of carbonyl (C=O) groups is 1. The Morgan fingerprint density at radius 2 is 2.19 bits per heavy atom. The second-order valence-electron chi connectivity index (χ2n) is 4.44. The summed E-state index contributed by atoms with van der Waals surface area (Å²) in [4.78, 5) is 18.1. The number of anilines is 1. The first-order valence-electron chi connectivity index (χ1n) is 6.05. The molecule has 2 heterocycles. The van der Waals surface area contributed by atoms with Crippen molar-refractivity contribution >= 4 is 22.6 Å². The van der Waals surface area contributed by atoms with Crippen LogP contribution in [0.1, 0.15) is 28.5 Å². The van der Waals surface area contributed by atoms with Crippen molar-refractivity contribution in [2.75, 3.05) is 5.32 Å². The van der Waals surface area contributed by atoms with Crippen molar-refractivity contribution in [1.29, 1.82) is 0 Å². The van der Waals surface area contributed by atoms with E-state index in [1.807, 2.05) is 0 Å². The maximum Gasteiger partial charge on any atom is 0.295 e. The van der Waals surface area contributed by atoms with Crippen molar-refractivity contribution in [1.82, 2.24) is 15.1 Å². The third kappa shape index (κ3) is 2.60. The lowest BCUT2D eigenvalue weighted by molar-refractivity contribution is 0.0988. The van der Waals surface area contributed by atoms with Crippen LogP contribution in [0.5, 0.6) is 0 Å². The first-order valence-corrected chi connectivity index (χ1v) is 6.05. The molecule has 2 aromatic heterocycles. The van der Waals surface area contributed by atoms with Crippen molar-refractivity contribution in [3.05, 3.63) is 41.5 Å². The van der Waals surface area contributed by atoms with Gasteiger partial charge in [0.2, 0.25) is 5.76 Å². The van der Waals surface area contributed by atoms with Gasteiger partial charge in [0, 0.05) is 11.8 Å². The molecule has 0 aliphatic heterocycles. The van der Waals surface area contributed by atoms with E-state index in [-0.39, 0.29) is 5.76 Å². The molecule has 108 valence electrons. The van der Waals surface area contributed by atoms with E-state index in [2.05, 4.69) is 20.4 Å². The number of carbonyl (C=O) groups excluding carboxylic acids is 1. The van der Waals surface area contributed by atoms with Crippen molar-refractivity contribution < 1.29 is 18.1 Å². The van der Waals surface area contributed by atoms with E-state index in [1.54, 1.807) is 19.1 Å². The Bertz CT molecular complexity index is 809. The Morgan fingerprint density at radius 3 is 2.86 bits per heavy atom. The quantitative estimate of drug-likeness (QED) is 0.777. The van der Waals surface area contributed by atoms with Crippen molar-refractivity contribution in [2.45, 2.75) is 13.3 Å². The molecule has 0 unspecified atom stereocenters. The number of aromatic amines is 1. The lowest BCUT2D eigenvalue weighted by Crippen LogP contribution is -2.10. The maximum atomic E-state index is 12.6. The number of benzene rings is 1. The Labute approximate surface area is 117 Å². The first kappa shape index (κ1) is 13.2. The second kappa shape index (κ2) is 4.97. The fourth-order valence-corrected chi connectivity index (χ4v) is 1.87. The topological polar surface area (TPSA) is 83.8 Å². The highest BCUT2D eigenvalue weighted by Crippen LogP contribution is 2.22.